The Bertz CT molecular complexity index is 943. The van der Waals surface area contributed by atoms with E-state index in [1.807, 2.05) is 0 Å². The molecule has 2 aromatic carbocycles. The first kappa shape index (κ1) is 23.6. The number of nitrogens with one attached hydrogen (secondary N) is 2. The largest absolute Gasteiger partial charge is 0.452 e. The standard InChI is InChI=1S/C21H22F2N2O6/c1-21(2,3)31-20(28)24-14-8-6-7-13(11-14)18(27)29-12-17(26)25-15-9-4-5-10-16(15)30-19(22)23/h4-11,19H,12H2,1-3H3,(H,24,28)(H,25,26). The summed E-state index contributed by atoms with van der Waals surface area (Å²) in [5.74, 6) is -1.79. The van der Waals surface area contributed by atoms with Crippen LogP contribution in [-0.2, 0) is 14.3 Å². The number of para-hydroxylation sites is 2. The lowest BCUT2D eigenvalue weighted by molar-refractivity contribution is -0.119. The lowest BCUT2D eigenvalue weighted by Gasteiger charge is -2.19. The first-order chi connectivity index (χ1) is 14.5. The Labute approximate surface area is 177 Å². The molecule has 10 heteroatoms. The zero-order valence-corrected chi connectivity index (χ0v) is 17.1. The number of anilines is 2. The third-order valence-corrected chi connectivity index (χ3v) is 3.46. The summed E-state index contributed by atoms with van der Waals surface area (Å²) in [6.45, 7) is 1.42. The maximum Gasteiger partial charge on any atom is 0.412 e. The molecule has 0 bridgehead atoms. The Kier molecular flexibility index (Phi) is 7.89. The summed E-state index contributed by atoms with van der Waals surface area (Å²) < 4.78 is 39.3. The number of benzene rings is 2. The molecule has 2 rings (SSSR count). The van der Waals surface area contributed by atoms with Gasteiger partial charge in [0.2, 0.25) is 0 Å². The molecule has 0 fully saturated rings. The highest BCUT2D eigenvalue weighted by molar-refractivity contribution is 5.97. The summed E-state index contributed by atoms with van der Waals surface area (Å²) >= 11 is 0. The van der Waals surface area contributed by atoms with E-state index < -0.39 is 36.8 Å². The molecule has 0 saturated heterocycles. The fraction of sp³-hybridized carbons (Fsp3) is 0.286. The van der Waals surface area contributed by atoms with E-state index in [0.29, 0.717) is 5.69 Å². The summed E-state index contributed by atoms with van der Waals surface area (Å²) in [6, 6.07) is 11.5. The van der Waals surface area contributed by atoms with Gasteiger partial charge >= 0.3 is 18.7 Å². The fourth-order valence-electron chi connectivity index (χ4n) is 2.31. The van der Waals surface area contributed by atoms with E-state index in [2.05, 4.69) is 15.4 Å². The molecule has 166 valence electrons. The van der Waals surface area contributed by atoms with E-state index in [1.165, 1.54) is 42.5 Å². The van der Waals surface area contributed by atoms with Crippen molar-refractivity contribution in [1.82, 2.24) is 0 Å². The zero-order valence-electron chi connectivity index (χ0n) is 17.1. The Morgan fingerprint density at radius 1 is 1.00 bits per heavy atom. The molecule has 0 radical (unpaired) electrons. The third kappa shape index (κ3) is 8.29. The number of hydrogen-bond donors (Lipinski definition) is 2. The lowest BCUT2D eigenvalue weighted by Crippen LogP contribution is -2.27. The van der Waals surface area contributed by atoms with Crippen LogP contribution < -0.4 is 15.4 Å². The van der Waals surface area contributed by atoms with Gasteiger partial charge in [-0.25, -0.2) is 9.59 Å². The predicted octanol–water partition coefficient (Wildman–Crippen LogP) is 4.43. The SMILES string of the molecule is CC(C)(C)OC(=O)Nc1cccc(C(=O)OCC(=O)Nc2ccccc2OC(F)F)c1. The second kappa shape index (κ2) is 10.4. The van der Waals surface area contributed by atoms with Gasteiger partial charge in [0.05, 0.1) is 11.3 Å². The van der Waals surface area contributed by atoms with Gasteiger partial charge in [0, 0.05) is 5.69 Å². The first-order valence-electron chi connectivity index (χ1n) is 9.14. The fourth-order valence-corrected chi connectivity index (χ4v) is 2.31. The van der Waals surface area contributed by atoms with Crippen LogP contribution in [0.5, 0.6) is 5.75 Å². The van der Waals surface area contributed by atoms with Gasteiger partial charge in [0.1, 0.15) is 11.4 Å². The van der Waals surface area contributed by atoms with Crippen LogP contribution in [0.15, 0.2) is 48.5 Å². The smallest absolute Gasteiger partial charge is 0.412 e. The number of halogens is 2. The van der Waals surface area contributed by atoms with Gasteiger partial charge in [0.25, 0.3) is 5.91 Å². The number of ether oxygens (including phenoxy) is 3. The van der Waals surface area contributed by atoms with Crippen molar-refractivity contribution in [3.63, 3.8) is 0 Å². The summed E-state index contributed by atoms with van der Waals surface area (Å²) in [5, 5.41) is 4.82. The van der Waals surface area contributed by atoms with Crippen LogP contribution in [0.4, 0.5) is 25.0 Å². The molecule has 0 saturated carbocycles. The molecule has 2 aromatic rings. The number of alkyl halides is 2. The van der Waals surface area contributed by atoms with Gasteiger partial charge in [-0.1, -0.05) is 18.2 Å². The van der Waals surface area contributed by atoms with Crippen molar-refractivity contribution in [1.29, 1.82) is 0 Å². The summed E-state index contributed by atoms with van der Waals surface area (Å²) in [5.41, 5.74) is -0.297. The van der Waals surface area contributed by atoms with Crippen LogP contribution in [0.25, 0.3) is 0 Å². The Morgan fingerprint density at radius 2 is 1.71 bits per heavy atom. The minimum absolute atomic E-state index is 0.00686. The number of esters is 1. The second-order valence-electron chi connectivity index (χ2n) is 7.21. The number of carbonyl (C=O) groups excluding carboxylic acids is 3. The lowest BCUT2D eigenvalue weighted by atomic mass is 10.2. The maximum atomic E-state index is 12.4. The predicted molar refractivity (Wildman–Crippen MR) is 108 cm³/mol. The molecule has 2 N–H and O–H groups in total. The van der Waals surface area contributed by atoms with E-state index in [4.69, 9.17) is 9.47 Å². The third-order valence-electron chi connectivity index (χ3n) is 3.46. The molecular weight excluding hydrogens is 414 g/mol. The molecule has 8 nitrogen and oxygen atoms in total. The number of hydrogen-bond acceptors (Lipinski definition) is 6. The Morgan fingerprint density at radius 3 is 2.39 bits per heavy atom. The first-order valence-corrected chi connectivity index (χ1v) is 9.14. The van der Waals surface area contributed by atoms with Crippen molar-refractivity contribution in [3.05, 3.63) is 54.1 Å². The summed E-state index contributed by atoms with van der Waals surface area (Å²) in [6.07, 6.45) is -0.693. The molecule has 0 unspecified atom stereocenters. The van der Waals surface area contributed by atoms with Gasteiger partial charge < -0.3 is 19.5 Å². The van der Waals surface area contributed by atoms with Crippen molar-refractivity contribution in [2.75, 3.05) is 17.2 Å². The van der Waals surface area contributed by atoms with Crippen LogP contribution >= 0.6 is 0 Å². The molecule has 2 amide bonds. The molecule has 31 heavy (non-hydrogen) atoms. The van der Waals surface area contributed by atoms with Crippen LogP contribution in [0.3, 0.4) is 0 Å². The molecule has 0 aromatic heterocycles. The van der Waals surface area contributed by atoms with Crippen LogP contribution in [-0.4, -0.2) is 36.8 Å². The topological polar surface area (TPSA) is 103 Å². The van der Waals surface area contributed by atoms with Gasteiger partial charge in [-0.2, -0.15) is 8.78 Å². The van der Waals surface area contributed by atoms with Crippen molar-refractivity contribution >= 4 is 29.3 Å². The van der Waals surface area contributed by atoms with Crippen LogP contribution in [0.1, 0.15) is 31.1 Å². The molecular formula is C21H22F2N2O6. The van der Waals surface area contributed by atoms with E-state index in [1.54, 1.807) is 26.8 Å². The van der Waals surface area contributed by atoms with E-state index in [0.717, 1.165) is 0 Å². The number of amides is 2. The minimum atomic E-state index is -3.06. The number of rotatable bonds is 7. The highest BCUT2D eigenvalue weighted by Gasteiger charge is 2.17. The molecule has 0 spiro atoms. The molecule has 0 heterocycles. The van der Waals surface area contributed by atoms with Gasteiger partial charge in [-0.15, -0.1) is 0 Å². The van der Waals surface area contributed by atoms with Crippen molar-refractivity contribution in [3.8, 4) is 5.75 Å². The highest BCUT2D eigenvalue weighted by atomic mass is 19.3. The van der Waals surface area contributed by atoms with E-state index >= 15 is 0 Å². The normalized spacial score (nSPS) is 10.9. The summed E-state index contributed by atoms with van der Waals surface area (Å²) in [4.78, 5) is 36.1. The average molecular weight is 436 g/mol. The molecule has 0 atom stereocenters. The van der Waals surface area contributed by atoms with Crippen molar-refractivity contribution < 1.29 is 37.4 Å². The Hall–Kier alpha value is -3.69. The van der Waals surface area contributed by atoms with Gasteiger partial charge in [-0.05, 0) is 51.1 Å². The van der Waals surface area contributed by atoms with E-state index in [9.17, 15) is 23.2 Å². The van der Waals surface area contributed by atoms with Crippen molar-refractivity contribution in [2.24, 2.45) is 0 Å². The molecule has 0 aliphatic carbocycles. The number of carbonyl (C=O) groups is 3. The monoisotopic (exact) mass is 436 g/mol. The van der Waals surface area contributed by atoms with Crippen LogP contribution in [0.2, 0.25) is 0 Å². The second-order valence-corrected chi connectivity index (χ2v) is 7.21. The maximum absolute atomic E-state index is 12.4. The average Bonchev–Trinajstić information content (AvgIpc) is 2.66. The zero-order chi connectivity index (χ0) is 23.0. The highest BCUT2D eigenvalue weighted by Crippen LogP contribution is 2.25. The van der Waals surface area contributed by atoms with Crippen LogP contribution in [0, 0.1) is 0 Å². The van der Waals surface area contributed by atoms with E-state index in [-0.39, 0.29) is 17.0 Å². The summed E-state index contributed by atoms with van der Waals surface area (Å²) in [7, 11) is 0. The van der Waals surface area contributed by atoms with Crippen molar-refractivity contribution in [2.45, 2.75) is 33.0 Å². The Balaban J connectivity index is 1.93. The van der Waals surface area contributed by atoms with Gasteiger partial charge in [-0.3, -0.25) is 10.1 Å². The minimum Gasteiger partial charge on any atom is -0.452 e. The molecule has 0 aliphatic rings. The quantitative estimate of drug-likeness (QED) is 0.623. The molecule has 0 aliphatic heterocycles. The van der Waals surface area contributed by atoms with Gasteiger partial charge in [0.15, 0.2) is 6.61 Å².